The molecule has 0 fully saturated rings. The molecule has 1 N–H and O–H groups in total. The van der Waals surface area contributed by atoms with Gasteiger partial charge in [-0.2, -0.15) is 5.10 Å². The third kappa shape index (κ3) is 4.61. The number of para-hydroxylation sites is 1. The van der Waals surface area contributed by atoms with Gasteiger partial charge in [0.05, 0.1) is 34.9 Å². The second kappa shape index (κ2) is 8.69. The van der Waals surface area contributed by atoms with Crippen molar-refractivity contribution in [3.05, 3.63) is 35.7 Å². The van der Waals surface area contributed by atoms with E-state index in [9.17, 15) is 14.4 Å². The average molecular weight is 417 g/mol. The second-order valence-corrected chi connectivity index (χ2v) is 7.86. The van der Waals surface area contributed by atoms with E-state index in [0.717, 1.165) is 16.3 Å². The molecule has 0 radical (unpaired) electrons. The van der Waals surface area contributed by atoms with Gasteiger partial charge in [0.25, 0.3) is 5.91 Å². The van der Waals surface area contributed by atoms with Crippen LogP contribution in [0.15, 0.2) is 29.2 Å². The number of thioether (sulfide) groups is 1. The summed E-state index contributed by atoms with van der Waals surface area (Å²) in [5, 5.41) is 7.01. The predicted molar refractivity (Wildman–Crippen MR) is 111 cm³/mol. The number of aryl methyl sites for hydroxylation is 2. The zero-order valence-electron chi connectivity index (χ0n) is 16.9. The van der Waals surface area contributed by atoms with Crippen LogP contribution in [0.3, 0.4) is 0 Å². The van der Waals surface area contributed by atoms with Crippen LogP contribution in [0.4, 0.5) is 11.4 Å². The molecule has 154 valence electrons. The number of ether oxygens (including phenoxy) is 1. The summed E-state index contributed by atoms with van der Waals surface area (Å²) in [7, 11) is 1.79. The van der Waals surface area contributed by atoms with Crippen LogP contribution < -0.4 is 10.2 Å². The maximum Gasteiger partial charge on any atom is 0.308 e. The van der Waals surface area contributed by atoms with E-state index in [4.69, 9.17) is 4.74 Å². The average Bonchev–Trinajstić information content (AvgIpc) is 2.93. The number of carbonyl (C=O) groups is 3. The summed E-state index contributed by atoms with van der Waals surface area (Å²) in [6, 6.07) is 7.59. The number of fused-ring (bicyclic) bond motifs is 1. The van der Waals surface area contributed by atoms with Crippen LogP contribution in [-0.2, 0) is 26.2 Å². The number of hydrogen-bond donors (Lipinski definition) is 1. The van der Waals surface area contributed by atoms with Gasteiger partial charge < -0.3 is 15.0 Å². The molecule has 8 nitrogen and oxygen atoms in total. The van der Waals surface area contributed by atoms with Crippen molar-refractivity contribution in [1.29, 1.82) is 0 Å². The van der Waals surface area contributed by atoms with E-state index >= 15 is 0 Å². The van der Waals surface area contributed by atoms with Crippen LogP contribution in [0.25, 0.3) is 0 Å². The molecular weight excluding hydrogens is 392 g/mol. The normalized spacial score (nSPS) is 14.3. The molecule has 9 heteroatoms. The summed E-state index contributed by atoms with van der Waals surface area (Å²) in [6.07, 6.45) is -0.950. The van der Waals surface area contributed by atoms with Gasteiger partial charge in [0.2, 0.25) is 5.91 Å². The van der Waals surface area contributed by atoms with Crippen molar-refractivity contribution < 1.29 is 19.1 Å². The lowest BCUT2D eigenvalue weighted by molar-refractivity contribution is -0.152. The number of anilines is 2. The van der Waals surface area contributed by atoms with Gasteiger partial charge >= 0.3 is 5.97 Å². The summed E-state index contributed by atoms with van der Waals surface area (Å²) >= 11 is 1.49. The summed E-state index contributed by atoms with van der Waals surface area (Å²) in [5.41, 5.74) is 2.93. The Morgan fingerprint density at radius 1 is 1.31 bits per heavy atom. The van der Waals surface area contributed by atoms with Crippen molar-refractivity contribution in [1.82, 2.24) is 9.78 Å². The molecule has 0 unspecified atom stereocenters. The topological polar surface area (TPSA) is 93.5 Å². The lowest BCUT2D eigenvalue weighted by Crippen LogP contribution is -2.38. The molecule has 1 aromatic carbocycles. The molecule has 0 saturated carbocycles. The fourth-order valence-electron chi connectivity index (χ4n) is 3.09. The third-order valence-electron chi connectivity index (χ3n) is 4.78. The molecule has 0 bridgehead atoms. The van der Waals surface area contributed by atoms with Gasteiger partial charge in [-0.25, -0.2) is 0 Å². The largest absolute Gasteiger partial charge is 0.452 e. The van der Waals surface area contributed by atoms with Crippen LogP contribution in [0, 0.1) is 13.8 Å². The molecular formula is C20H24N4O4S. The van der Waals surface area contributed by atoms with E-state index in [0.29, 0.717) is 17.1 Å². The minimum atomic E-state index is -0.957. The maximum atomic E-state index is 12.4. The molecule has 2 amide bonds. The molecule has 2 aromatic rings. The van der Waals surface area contributed by atoms with Gasteiger partial charge in [0, 0.05) is 18.5 Å². The fourth-order valence-corrected chi connectivity index (χ4v) is 4.03. The number of nitrogens with zero attached hydrogens (tertiary/aromatic N) is 3. The van der Waals surface area contributed by atoms with Crippen molar-refractivity contribution in [2.24, 2.45) is 7.05 Å². The Labute approximate surface area is 173 Å². The minimum absolute atomic E-state index is 0.00725. The quantitative estimate of drug-likeness (QED) is 0.727. The van der Waals surface area contributed by atoms with E-state index < -0.39 is 18.0 Å². The summed E-state index contributed by atoms with van der Waals surface area (Å²) in [5.74, 6) is -0.659. The first-order valence-electron chi connectivity index (χ1n) is 9.30. The summed E-state index contributed by atoms with van der Waals surface area (Å²) in [4.78, 5) is 39.5. The number of benzene rings is 1. The van der Waals surface area contributed by atoms with E-state index in [1.807, 2.05) is 31.2 Å². The first kappa shape index (κ1) is 20.9. The Bertz CT molecular complexity index is 956. The van der Waals surface area contributed by atoms with Crippen LogP contribution in [0.5, 0.6) is 0 Å². The van der Waals surface area contributed by atoms with Crippen LogP contribution in [0.2, 0.25) is 0 Å². The lowest BCUT2D eigenvalue weighted by Gasteiger charge is -2.28. The summed E-state index contributed by atoms with van der Waals surface area (Å²) < 4.78 is 6.94. The minimum Gasteiger partial charge on any atom is -0.452 e. The van der Waals surface area contributed by atoms with Crippen molar-refractivity contribution in [2.75, 3.05) is 22.5 Å². The monoisotopic (exact) mass is 416 g/mol. The van der Waals surface area contributed by atoms with E-state index in [2.05, 4.69) is 10.4 Å². The maximum absolute atomic E-state index is 12.4. The molecule has 0 aliphatic carbocycles. The molecule has 1 aliphatic rings. The Morgan fingerprint density at radius 2 is 2.03 bits per heavy atom. The van der Waals surface area contributed by atoms with E-state index in [1.54, 1.807) is 23.6 Å². The summed E-state index contributed by atoms with van der Waals surface area (Å²) in [6.45, 7) is 5.37. The number of hydrogen-bond acceptors (Lipinski definition) is 6. The molecule has 1 aliphatic heterocycles. The van der Waals surface area contributed by atoms with Gasteiger partial charge in [-0.15, -0.1) is 11.8 Å². The van der Waals surface area contributed by atoms with E-state index in [1.165, 1.54) is 18.7 Å². The number of aromatic nitrogens is 2. The van der Waals surface area contributed by atoms with Crippen LogP contribution in [-0.4, -0.2) is 46.0 Å². The van der Waals surface area contributed by atoms with Crippen LogP contribution in [0.1, 0.15) is 24.7 Å². The first-order chi connectivity index (χ1) is 13.8. The Morgan fingerprint density at radius 3 is 2.72 bits per heavy atom. The van der Waals surface area contributed by atoms with Gasteiger partial charge in [-0.05, 0) is 32.9 Å². The fraction of sp³-hybridized carbons (Fsp3) is 0.400. The number of rotatable bonds is 6. The molecule has 1 aromatic heterocycles. The van der Waals surface area contributed by atoms with Crippen molar-refractivity contribution in [2.45, 2.75) is 38.2 Å². The highest BCUT2D eigenvalue weighted by atomic mass is 32.2. The first-order valence-corrected chi connectivity index (χ1v) is 10.3. The van der Waals surface area contributed by atoms with Crippen LogP contribution >= 0.6 is 11.8 Å². The molecule has 0 spiro atoms. The molecule has 29 heavy (non-hydrogen) atoms. The molecule has 0 saturated heterocycles. The smallest absolute Gasteiger partial charge is 0.308 e. The Balaban J connectivity index is 1.55. The van der Waals surface area contributed by atoms with Crippen molar-refractivity contribution in [3.8, 4) is 0 Å². The van der Waals surface area contributed by atoms with Crippen molar-refractivity contribution >= 4 is 40.9 Å². The second-order valence-electron chi connectivity index (χ2n) is 6.84. The zero-order valence-corrected chi connectivity index (χ0v) is 17.7. The van der Waals surface area contributed by atoms with Gasteiger partial charge in [-0.1, -0.05) is 12.1 Å². The Hall–Kier alpha value is -2.81. The predicted octanol–water partition coefficient (Wildman–Crippen LogP) is 2.44. The number of carbonyl (C=O) groups excluding carboxylic acids is 3. The van der Waals surface area contributed by atoms with Crippen molar-refractivity contribution in [3.63, 3.8) is 0 Å². The van der Waals surface area contributed by atoms with E-state index in [-0.39, 0.29) is 18.9 Å². The highest BCUT2D eigenvalue weighted by molar-refractivity contribution is 8.00. The highest BCUT2D eigenvalue weighted by Gasteiger charge is 2.26. The molecule has 3 rings (SSSR count). The van der Waals surface area contributed by atoms with Gasteiger partial charge in [0.1, 0.15) is 0 Å². The van der Waals surface area contributed by atoms with Gasteiger partial charge in [-0.3, -0.25) is 19.1 Å². The highest BCUT2D eigenvalue weighted by Crippen LogP contribution is 2.34. The third-order valence-corrected chi connectivity index (χ3v) is 5.83. The molecule has 2 heterocycles. The number of amides is 2. The zero-order chi connectivity index (χ0) is 21.1. The van der Waals surface area contributed by atoms with Gasteiger partial charge in [0.15, 0.2) is 6.10 Å². The molecule has 1 atom stereocenters. The Kier molecular flexibility index (Phi) is 6.26. The number of esters is 1. The lowest BCUT2D eigenvalue weighted by atomic mass is 10.2. The SMILES string of the molecule is Cc1nn(C)c(C)c1NC(=O)[C@H](C)OC(=O)CCN1C(=O)CSc2ccccc21. The standard InChI is InChI=1S/C20H24N4O4S/c1-12-19(13(2)23(4)22-12)21-20(27)14(3)28-18(26)9-10-24-15-7-5-6-8-16(15)29-11-17(24)25/h5-8,14H,9-11H2,1-4H3,(H,21,27)/t14-/m0/s1. The number of nitrogens with one attached hydrogen (secondary N) is 1.